The molecule has 0 spiro atoms. The van der Waals surface area contributed by atoms with Crippen molar-refractivity contribution in [3.8, 4) is 0 Å². The Balaban J connectivity index is 1.42. The molecule has 6 nitrogen and oxygen atoms in total. The van der Waals surface area contributed by atoms with Crippen molar-refractivity contribution < 1.29 is 13.2 Å². The SMILES string of the molecule is CSc1ccc(CCNC(=O)C(C)n2ccc3cc(S(=O)(=O)N4CCCC4)ccc32)cc1. The van der Waals surface area contributed by atoms with Gasteiger partial charge in [0, 0.05) is 41.6 Å². The van der Waals surface area contributed by atoms with E-state index < -0.39 is 16.1 Å². The fraction of sp³-hybridized carbons (Fsp3) is 0.375. The van der Waals surface area contributed by atoms with E-state index in [9.17, 15) is 13.2 Å². The Morgan fingerprint density at radius 1 is 1.09 bits per heavy atom. The van der Waals surface area contributed by atoms with Crippen LogP contribution < -0.4 is 5.32 Å². The zero-order valence-corrected chi connectivity index (χ0v) is 20.1. The summed E-state index contributed by atoms with van der Waals surface area (Å²) in [5.74, 6) is -0.0583. The summed E-state index contributed by atoms with van der Waals surface area (Å²) in [6.45, 7) is 3.59. The molecule has 1 fully saturated rings. The second-order valence-electron chi connectivity index (χ2n) is 8.12. The number of fused-ring (bicyclic) bond motifs is 1. The molecule has 1 amide bonds. The first-order valence-corrected chi connectivity index (χ1v) is 13.6. The molecule has 1 atom stereocenters. The molecule has 1 unspecified atom stereocenters. The van der Waals surface area contributed by atoms with Gasteiger partial charge in [0.2, 0.25) is 15.9 Å². The fourth-order valence-electron chi connectivity index (χ4n) is 4.11. The lowest BCUT2D eigenvalue weighted by Gasteiger charge is -2.17. The van der Waals surface area contributed by atoms with Gasteiger partial charge in [-0.25, -0.2) is 8.42 Å². The number of carbonyl (C=O) groups excluding carboxylic acids is 1. The number of amides is 1. The summed E-state index contributed by atoms with van der Waals surface area (Å²) in [6, 6.07) is 15.0. The van der Waals surface area contributed by atoms with E-state index in [-0.39, 0.29) is 5.91 Å². The maximum atomic E-state index is 12.9. The van der Waals surface area contributed by atoms with Gasteiger partial charge in [-0.1, -0.05) is 12.1 Å². The number of nitrogens with zero attached hydrogens (tertiary/aromatic N) is 2. The monoisotopic (exact) mass is 471 g/mol. The fourth-order valence-corrected chi connectivity index (χ4v) is 6.08. The summed E-state index contributed by atoms with van der Waals surface area (Å²) in [6.07, 6.45) is 6.50. The van der Waals surface area contributed by atoms with Crippen LogP contribution >= 0.6 is 11.8 Å². The molecule has 1 aromatic heterocycles. The smallest absolute Gasteiger partial charge is 0.243 e. The highest BCUT2D eigenvalue weighted by molar-refractivity contribution is 7.98. The highest BCUT2D eigenvalue weighted by Gasteiger charge is 2.27. The number of rotatable bonds is 8. The molecular weight excluding hydrogens is 442 g/mol. The molecular formula is C24H29N3O3S2. The zero-order chi connectivity index (χ0) is 22.7. The molecule has 1 aliphatic heterocycles. The number of hydrogen-bond donors (Lipinski definition) is 1. The van der Waals surface area contributed by atoms with E-state index in [1.54, 1.807) is 34.3 Å². The van der Waals surface area contributed by atoms with Crippen LogP contribution in [0, 0.1) is 0 Å². The summed E-state index contributed by atoms with van der Waals surface area (Å²) in [5.41, 5.74) is 2.04. The molecule has 1 aliphatic rings. The van der Waals surface area contributed by atoms with Crippen LogP contribution in [0.25, 0.3) is 10.9 Å². The van der Waals surface area contributed by atoms with Crippen molar-refractivity contribution in [1.82, 2.24) is 14.2 Å². The van der Waals surface area contributed by atoms with Crippen molar-refractivity contribution >= 4 is 38.6 Å². The molecule has 1 saturated heterocycles. The summed E-state index contributed by atoms with van der Waals surface area (Å²) >= 11 is 1.71. The van der Waals surface area contributed by atoms with Crippen molar-refractivity contribution in [1.29, 1.82) is 0 Å². The molecule has 8 heteroatoms. The van der Waals surface area contributed by atoms with Crippen LogP contribution in [0.4, 0.5) is 0 Å². The minimum atomic E-state index is -3.46. The Bertz CT molecular complexity index is 1200. The molecule has 1 N–H and O–H groups in total. The molecule has 2 heterocycles. The second-order valence-corrected chi connectivity index (χ2v) is 10.9. The van der Waals surface area contributed by atoms with E-state index in [0.29, 0.717) is 24.5 Å². The van der Waals surface area contributed by atoms with Gasteiger partial charge in [0.15, 0.2) is 0 Å². The number of benzene rings is 2. The molecule has 170 valence electrons. The van der Waals surface area contributed by atoms with Crippen molar-refractivity contribution in [2.75, 3.05) is 25.9 Å². The van der Waals surface area contributed by atoms with Crippen LogP contribution in [0.1, 0.15) is 31.4 Å². The minimum Gasteiger partial charge on any atom is -0.354 e. The number of aromatic nitrogens is 1. The number of hydrogen-bond acceptors (Lipinski definition) is 4. The third-order valence-electron chi connectivity index (χ3n) is 6.06. The minimum absolute atomic E-state index is 0.0583. The summed E-state index contributed by atoms with van der Waals surface area (Å²) < 4.78 is 29.1. The molecule has 32 heavy (non-hydrogen) atoms. The third kappa shape index (κ3) is 4.72. The first kappa shape index (κ1) is 22.9. The van der Waals surface area contributed by atoms with Crippen LogP contribution in [-0.4, -0.2) is 49.1 Å². The number of thioether (sulfide) groups is 1. The lowest BCUT2D eigenvalue weighted by atomic mass is 10.1. The Kier molecular flexibility index (Phi) is 6.93. The lowest BCUT2D eigenvalue weighted by molar-refractivity contribution is -0.123. The van der Waals surface area contributed by atoms with E-state index in [1.807, 2.05) is 23.8 Å². The van der Waals surface area contributed by atoms with Crippen LogP contribution in [0.5, 0.6) is 0 Å². The maximum Gasteiger partial charge on any atom is 0.243 e. The molecule has 0 bridgehead atoms. The Morgan fingerprint density at radius 3 is 2.50 bits per heavy atom. The predicted molar refractivity (Wildman–Crippen MR) is 130 cm³/mol. The van der Waals surface area contributed by atoms with Crippen molar-refractivity contribution in [2.24, 2.45) is 0 Å². The van der Waals surface area contributed by atoms with Gasteiger partial charge < -0.3 is 9.88 Å². The summed E-state index contributed by atoms with van der Waals surface area (Å²) in [4.78, 5) is 14.3. The van der Waals surface area contributed by atoms with Gasteiger partial charge in [-0.3, -0.25) is 4.79 Å². The standard InChI is InChI=1S/C24H29N3O3S2/c1-18(24(28)25-13-11-19-5-7-21(31-2)8-6-19)27-16-12-20-17-22(9-10-23(20)27)32(29,30)26-14-3-4-15-26/h5-10,12,16-18H,3-4,11,13-15H2,1-2H3,(H,25,28). The topological polar surface area (TPSA) is 71.4 Å². The first-order chi connectivity index (χ1) is 15.4. The Labute approximate surface area is 194 Å². The Morgan fingerprint density at radius 2 is 1.81 bits per heavy atom. The highest BCUT2D eigenvalue weighted by Crippen LogP contribution is 2.27. The lowest BCUT2D eigenvalue weighted by Crippen LogP contribution is -2.32. The summed E-state index contributed by atoms with van der Waals surface area (Å²) in [7, 11) is -3.46. The average Bonchev–Trinajstić information content (AvgIpc) is 3.49. The zero-order valence-electron chi connectivity index (χ0n) is 18.5. The number of nitrogens with one attached hydrogen (secondary N) is 1. The first-order valence-electron chi connectivity index (χ1n) is 10.9. The van der Waals surface area contributed by atoms with E-state index >= 15 is 0 Å². The third-order valence-corrected chi connectivity index (χ3v) is 8.70. The van der Waals surface area contributed by atoms with Gasteiger partial charge in [-0.15, -0.1) is 11.8 Å². The predicted octanol–water partition coefficient (Wildman–Crippen LogP) is 4.07. The number of carbonyl (C=O) groups is 1. The van der Waals surface area contributed by atoms with E-state index in [2.05, 4.69) is 35.8 Å². The van der Waals surface area contributed by atoms with Gasteiger partial charge in [-0.2, -0.15) is 4.31 Å². The van der Waals surface area contributed by atoms with Gasteiger partial charge in [0.1, 0.15) is 6.04 Å². The van der Waals surface area contributed by atoms with Crippen LogP contribution in [0.3, 0.4) is 0 Å². The van der Waals surface area contributed by atoms with Crippen LogP contribution in [0.2, 0.25) is 0 Å². The summed E-state index contributed by atoms with van der Waals surface area (Å²) in [5, 5.41) is 3.84. The molecule has 2 aromatic carbocycles. The van der Waals surface area contributed by atoms with Gasteiger partial charge in [0.05, 0.1) is 4.90 Å². The van der Waals surface area contributed by atoms with Crippen LogP contribution in [0.15, 0.2) is 64.5 Å². The van der Waals surface area contributed by atoms with Gasteiger partial charge in [-0.05, 0) is 74.4 Å². The van der Waals surface area contributed by atoms with Gasteiger partial charge in [0.25, 0.3) is 0 Å². The maximum absolute atomic E-state index is 12.9. The molecule has 3 aromatic rings. The normalized spacial score (nSPS) is 15.8. The van der Waals surface area contributed by atoms with Crippen molar-refractivity contribution in [3.63, 3.8) is 0 Å². The van der Waals surface area contributed by atoms with Gasteiger partial charge >= 0.3 is 0 Å². The molecule has 0 aliphatic carbocycles. The Hall–Kier alpha value is -2.29. The second kappa shape index (κ2) is 9.68. The highest BCUT2D eigenvalue weighted by atomic mass is 32.2. The van der Waals surface area contributed by atoms with E-state index in [4.69, 9.17) is 0 Å². The molecule has 0 saturated carbocycles. The molecule has 4 rings (SSSR count). The van der Waals surface area contributed by atoms with E-state index in [0.717, 1.165) is 30.2 Å². The van der Waals surface area contributed by atoms with Crippen molar-refractivity contribution in [2.45, 2.75) is 42.0 Å². The largest absolute Gasteiger partial charge is 0.354 e. The van der Waals surface area contributed by atoms with Crippen LogP contribution in [-0.2, 0) is 21.2 Å². The average molecular weight is 472 g/mol. The van der Waals surface area contributed by atoms with Crippen molar-refractivity contribution in [3.05, 3.63) is 60.3 Å². The van der Waals surface area contributed by atoms with E-state index in [1.165, 1.54) is 10.5 Å². The molecule has 0 radical (unpaired) electrons. The number of sulfonamides is 1. The quantitative estimate of drug-likeness (QED) is 0.503.